The summed E-state index contributed by atoms with van der Waals surface area (Å²) in [7, 11) is 0. The third-order valence-corrected chi connectivity index (χ3v) is 7.19. The molecule has 13 nitrogen and oxygen atoms in total. The van der Waals surface area contributed by atoms with Crippen LogP contribution in [0.1, 0.15) is 10.6 Å². The number of nitro benzene ring substituents is 2. The van der Waals surface area contributed by atoms with Crippen LogP contribution < -0.4 is 15.1 Å². The number of ether oxygens (including phenoxy) is 1. The van der Waals surface area contributed by atoms with Crippen molar-refractivity contribution in [2.24, 2.45) is 0 Å². The number of carbonyl (C=O) groups is 1. The SMILES string of the molecule is O=C(NC(=S)N1CCN(c2ccc([N+](=O)[O-])c(N3CCOCC3)c2)CC1)c1ccc(-c2cccc([N+](=O)[O-])c2)o1. The molecule has 3 heterocycles. The molecule has 0 spiro atoms. The molecule has 2 saturated heterocycles. The van der Waals surface area contributed by atoms with Crippen molar-refractivity contribution in [3.8, 4) is 11.3 Å². The lowest BCUT2D eigenvalue weighted by molar-refractivity contribution is -0.384. The topological polar surface area (TPSA) is 147 Å². The van der Waals surface area contributed by atoms with Gasteiger partial charge in [-0.3, -0.25) is 30.3 Å². The third-order valence-electron chi connectivity index (χ3n) is 6.83. The van der Waals surface area contributed by atoms with Crippen molar-refractivity contribution in [2.75, 3.05) is 62.3 Å². The number of hydrogen-bond donors (Lipinski definition) is 1. The van der Waals surface area contributed by atoms with Gasteiger partial charge in [0.05, 0.1) is 23.1 Å². The number of furan rings is 1. The Morgan fingerprint density at radius 3 is 2.33 bits per heavy atom. The highest BCUT2D eigenvalue weighted by atomic mass is 32.1. The van der Waals surface area contributed by atoms with E-state index in [-0.39, 0.29) is 27.2 Å². The highest BCUT2D eigenvalue weighted by Gasteiger charge is 2.26. The first kappa shape index (κ1) is 27.0. The molecule has 2 fully saturated rings. The lowest BCUT2D eigenvalue weighted by Gasteiger charge is -2.37. The normalized spacial score (nSPS) is 15.6. The standard InChI is InChI=1S/C26H26N6O7S/c33-25(24-7-6-23(39-24)18-2-1-3-20(16-18)31(34)35)27-26(40)30-10-8-28(9-11-30)19-4-5-21(32(36)37)22(17-19)29-12-14-38-15-13-29/h1-7,16-17H,8-15H2,(H,27,33,40). The highest BCUT2D eigenvalue weighted by molar-refractivity contribution is 7.80. The van der Waals surface area contributed by atoms with Crippen LogP contribution in [-0.2, 0) is 4.74 Å². The van der Waals surface area contributed by atoms with E-state index in [0.717, 1.165) is 5.69 Å². The fourth-order valence-corrected chi connectivity index (χ4v) is 4.99. The minimum absolute atomic E-state index is 0.0315. The Hall–Kier alpha value is -4.56. The number of anilines is 2. The van der Waals surface area contributed by atoms with Gasteiger partial charge in [-0.15, -0.1) is 0 Å². The summed E-state index contributed by atoms with van der Waals surface area (Å²) in [6.45, 7) is 4.53. The lowest BCUT2D eigenvalue weighted by atomic mass is 10.1. The Morgan fingerprint density at radius 1 is 0.875 bits per heavy atom. The van der Waals surface area contributed by atoms with Gasteiger partial charge in [-0.25, -0.2) is 0 Å². The minimum Gasteiger partial charge on any atom is -0.451 e. The molecule has 1 N–H and O–H groups in total. The Morgan fingerprint density at radius 2 is 1.62 bits per heavy atom. The molecule has 2 aliphatic heterocycles. The van der Waals surface area contributed by atoms with Gasteiger partial charge in [-0.1, -0.05) is 12.1 Å². The van der Waals surface area contributed by atoms with Gasteiger partial charge >= 0.3 is 0 Å². The summed E-state index contributed by atoms with van der Waals surface area (Å²) < 4.78 is 11.0. The number of non-ortho nitro benzene ring substituents is 1. The fourth-order valence-electron chi connectivity index (χ4n) is 4.71. The molecule has 2 aromatic carbocycles. The first-order valence-electron chi connectivity index (χ1n) is 12.6. The van der Waals surface area contributed by atoms with Gasteiger partial charge in [-0.2, -0.15) is 0 Å². The third kappa shape index (κ3) is 5.87. The number of hydrogen-bond acceptors (Lipinski definition) is 10. The van der Waals surface area contributed by atoms with Gasteiger partial charge in [0.25, 0.3) is 17.3 Å². The molecule has 0 bridgehead atoms. The quantitative estimate of drug-likeness (QED) is 0.266. The summed E-state index contributed by atoms with van der Waals surface area (Å²) in [5, 5.41) is 25.6. The summed E-state index contributed by atoms with van der Waals surface area (Å²) >= 11 is 5.47. The number of morpholine rings is 1. The van der Waals surface area contributed by atoms with E-state index in [4.69, 9.17) is 21.4 Å². The molecule has 1 amide bonds. The van der Waals surface area contributed by atoms with Crippen LogP contribution in [-0.4, -0.2) is 78.2 Å². The van der Waals surface area contributed by atoms with Crippen LogP contribution in [0.3, 0.4) is 0 Å². The van der Waals surface area contributed by atoms with E-state index in [1.165, 1.54) is 18.2 Å². The minimum atomic E-state index is -0.519. The molecule has 14 heteroatoms. The molecule has 0 saturated carbocycles. The number of nitro groups is 2. The van der Waals surface area contributed by atoms with Gasteiger partial charge in [0.15, 0.2) is 10.9 Å². The highest BCUT2D eigenvalue weighted by Crippen LogP contribution is 2.33. The molecule has 40 heavy (non-hydrogen) atoms. The van der Waals surface area contributed by atoms with Crippen LogP contribution in [0, 0.1) is 20.2 Å². The van der Waals surface area contributed by atoms with E-state index < -0.39 is 10.8 Å². The molecule has 0 radical (unpaired) electrons. The Kier molecular flexibility index (Phi) is 7.89. The second-order valence-electron chi connectivity index (χ2n) is 9.23. The fraction of sp³-hybridized carbons (Fsp3) is 0.308. The summed E-state index contributed by atoms with van der Waals surface area (Å²) in [5.74, 6) is -0.161. The van der Waals surface area contributed by atoms with Crippen LogP contribution >= 0.6 is 12.2 Å². The van der Waals surface area contributed by atoms with Gasteiger partial charge < -0.3 is 23.9 Å². The van der Waals surface area contributed by atoms with Crippen molar-refractivity contribution >= 4 is 46.0 Å². The smallest absolute Gasteiger partial charge is 0.293 e. The number of piperazine rings is 1. The number of amides is 1. The summed E-state index contributed by atoms with van der Waals surface area (Å²) in [4.78, 5) is 40.6. The summed E-state index contributed by atoms with van der Waals surface area (Å²) in [6, 6.07) is 14.2. The molecule has 0 unspecified atom stereocenters. The zero-order valence-corrected chi connectivity index (χ0v) is 22.2. The van der Waals surface area contributed by atoms with Gasteiger partial charge in [0.1, 0.15) is 11.4 Å². The maximum absolute atomic E-state index is 12.8. The summed E-state index contributed by atoms with van der Waals surface area (Å²) in [6.07, 6.45) is 0. The molecule has 3 aromatic rings. The predicted molar refractivity (Wildman–Crippen MR) is 151 cm³/mol. The Labute approximate surface area is 234 Å². The Bertz CT molecular complexity index is 1450. The number of thiocarbonyl (C=S) groups is 1. The van der Waals surface area contributed by atoms with E-state index in [1.54, 1.807) is 30.3 Å². The number of carbonyl (C=O) groups excluding carboxylic acids is 1. The lowest BCUT2D eigenvalue weighted by Crippen LogP contribution is -2.52. The largest absolute Gasteiger partial charge is 0.451 e. The van der Waals surface area contributed by atoms with Gasteiger partial charge in [-0.05, 0) is 36.5 Å². The van der Waals surface area contributed by atoms with Crippen molar-refractivity contribution in [2.45, 2.75) is 0 Å². The van der Waals surface area contributed by atoms with E-state index >= 15 is 0 Å². The molecular weight excluding hydrogens is 540 g/mol. The first-order chi connectivity index (χ1) is 19.3. The molecule has 1 aromatic heterocycles. The predicted octanol–water partition coefficient (Wildman–Crippen LogP) is 3.44. The van der Waals surface area contributed by atoms with Crippen LogP contribution in [0.4, 0.5) is 22.7 Å². The van der Waals surface area contributed by atoms with Crippen molar-refractivity contribution in [3.63, 3.8) is 0 Å². The number of nitrogens with zero attached hydrogens (tertiary/aromatic N) is 5. The summed E-state index contributed by atoms with van der Waals surface area (Å²) in [5.41, 5.74) is 1.94. The molecule has 5 rings (SSSR count). The average Bonchev–Trinajstić information content (AvgIpc) is 3.48. The van der Waals surface area contributed by atoms with E-state index in [9.17, 15) is 25.0 Å². The van der Waals surface area contributed by atoms with Crippen LogP contribution in [0.2, 0.25) is 0 Å². The zero-order valence-electron chi connectivity index (χ0n) is 21.4. The number of nitrogens with one attached hydrogen (secondary N) is 1. The number of rotatable bonds is 6. The number of benzene rings is 2. The van der Waals surface area contributed by atoms with E-state index in [0.29, 0.717) is 69.5 Å². The van der Waals surface area contributed by atoms with Crippen molar-refractivity contribution < 1.29 is 23.8 Å². The van der Waals surface area contributed by atoms with Crippen molar-refractivity contribution in [1.82, 2.24) is 10.2 Å². The maximum atomic E-state index is 12.8. The Balaban J connectivity index is 1.19. The molecule has 0 aliphatic carbocycles. The van der Waals surface area contributed by atoms with Gasteiger partial charge in [0, 0.05) is 68.7 Å². The van der Waals surface area contributed by atoms with Crippen LogP contribution in [0.25, 0.3) is 11.3 Å². The molecular formula is C26H26N6O7S. The monoisotopic (exact) mass is 566 g/mol. The second-order valence-corrected chi connectivity index (χ2v) is 9.62. The molecule has 2 aliphatic rings. The van der Waals surface area contributed by atoms with Crippen LogP contribution in [0.5, 0.6) is 0 Å². The maximum Gasteiger partial charge on any atom is 0.293 e. The van der Waals surface area contributed by atoms with Crippen molar-refractivity contribution in [1.29, 1.82) is 0 Å². The second kappa shape index (κ2) is 11.7. The van der Waals surface area contributed by atoms with E-state index in [2.05, 4.69) is 10.2 Å². The van der Waals surface area contributed by atoms with Crippen molar-refractivity contribution in [3.05, 3.63) is 80.6 Å². The van der Waals surface area contributed by atoms with E-state index in [1.807, 2.05) is 15.9 Å². The zero-order chi connectivity index (χ0) is 28.2. The molecule has 0 atom stereocenters. The average molecular weight is 567 g/mol. The molecule has 208 valence electrons. The van der Waals surface area contributed by atoms with Crippen LogP contribution in [0.15, 0.2) is 59.0 Å². The van der Waals surface area contributed by atoms with Gasteiger partial charge in [0.2, 0.25) is 0 Å². The first-order valence-corrected chi connectivity index (χ1v) is 13.0.